The van der Waals surface area contributed by atoms with E-state index >= 15 is 0 Å². The van der Waals surface area contributed by atoms with Crippen molar-refractivity contribution in [3.8, 4) is 0 Å². The predicted octanol–water partition coefficient (Wildman–Crippen LogP) is 2.47. The Morgan fingerprint density at radius 3 is 2.55 bits per heavy atom. The van der Waals surface area contributed by atoms with Gasteiger partial charge in [-0.05, 0) is 39.0 Å². The Hall–Kier alpha value is -2.24. The predicted molar refractivity (Wildman–Crippen MR) is 80.1 cm³/mol. The van der Waals surface area contributed by atoms with Crippen LogP contribution < -0.4 is 10.6 Å². The highest BCUT2D eigenvalue weighted by Gasteiger charge is 2.22. The van der Waals surface area contributed by atoms with Gasteiger partial charge in [-0.25, -0.2) is 4.79 Å². The lowest BCUT2D eigenvalue weighted by atomic mass is 10.2. The second-order valence-corrected chi connectivity index (χ2v) is 5.89. The zero-order chi connectivity index (χ0) is 15.1. The standard InChI is InChI=1S/C14H20N4O2/c1-14(2,3)20-13(19)18-11-7-6-9(15)8-10(11)12(16-18)17(4)5/h6-8H,15H2,1-5H3. The molecule has 0 saturated heterocycles. The van der Waals surface area contributed by atoms with Gasteiger partial charge in [-0.1, -0.05) is 0 Å². The van der Waals surface area contributed by atoms with Gasteiger partial charge < -0.3 is 15.4 Å². The van der Waals surface area contributed by atoms with Gasteiger partial charge in [0.05, 0.1) is 5.52 Å². The highest BCUT2D eigenvalue weighted by Crippen LogP contribution is 2.27. The molecule has 6 nitrogen and oxygen atoms in total. The zero-order valence-electron chi connectivity index (χ0n) is 12.5. The van der Waals surface area contributed by atoms with Crippen LogP contribution in [0.15, 0.2) is 18.2 Å². The molecule has 0 saturated carbocycles. The van der Waals surface area contributed by atoms with E-state index in [2.05, 4.69) is 5.10 Å². The SMILES string of the molecule is CN(C)c1nn(C(=O)OC(C)(C)C)c2ccc(N)cc12. The van der Waals surface area contributed by atoms with Crippen LogP contribution in [0.4, 0.5) is 16.3 Å². The first-order valence-electron chi connectivity index (χ1n) is 6.38. The fourth-order valence-electron chi connectivity index (χ4n) is 1.89. The highest BCUT2D eigenvalue weighted by atomic mass is 16.6. The lowest BCUT2D eigenvalue weighted by molar-refractivity contribution is 0.0523. The molecule has 0 amide bonds. The van der Waals surface area contributed by atoms with Crippen LogP contribution in [-0.2, 0) is 4.74 Å². The van der Waals surface area contributed by atoms with E-state index in [9.17, 15) is 4.79 Å². The maximum atomic E-state index is 12.2. The molecule has 2 rings (SSSR count). The van der Waals surface area contributed by atoms with Crippen LogP contribution in [0.3, 0.4) is 0 Å². The second-order valence-electron chi connectivity index (χ2n) is 5.89. The lowest BCUT2D eigenvalue weighted by Gasteiger charge is -2.19. The van der Waals surface area contributed by atoms with Crippen molar-refractivity contribution in [3.05, 3.63) is 18.2 Å². The molecule has 0 fully saturated rings. The van der Waals surface area contributed by atoms with Crippen molar-refractivity contribution in [1.29, 1.82) is 0 Å². The molecule has 108 valence electrons. The van der Waals surface area contributed by atoms with Crippen molar-refractivity contribution >= 4 is 28.5 Å². The molecule has 1 aromatic carbocycles. The molecule has 0 unspecified atom stereocenters. The number of hydrogen-bond acceptors (Lipinski definition) is 5. The third kappa shape index (κ3) is 2.68. The minimum atomic E-state index is -0.568. The first kappa shape index (κ1) is 14.2. The molecule has 1 aromatic heterocycles. The Kier molecular flexibility index (Phi) is 3.33. The van der Waals surface area contributed by atoms with Gasteiger partial charge >= 0.3 is 6.09 Å². The summed E-state index contributed by atoms with van der Waals surface area (Å²) >= 11 is 0. The lowest BCUT2D eigenvalue weighted by Crippen LogP contribution is -2.27. The van der Waals surface area contributed by atoms with Crippen molar-refractivity contribution in [1.82, 2.24) is 9.78 Å². The van der Waals surface area contributed by atoms with E-state index in [0.717, 1.165) is 5.39 Å². The number of nitrogens with zero attached hydrogens (tertiary/aromatic N) is 3. The van der Waals surface area contributed by atoms with Crippen LogP contribution in [0, 0.1) is 0 Å². The number of carbonyl (C=O) groups is 1. The minimum Gasteiger partial charge on any atom is -0.442 e. The number of hydrogen-bond donors (Lipinski definition) is 1. The molecule has 2 N–H and O–H groups in total. The van der Waals surface area contributed by atoms with Crippen molar-refractivity contribution in [3.63, 3.8) is 0 Å². The summed E-state index contributed by atoms with van der Waals surface area (Å²) < 4.78 is 6.64. The van der Waals surface area contributed by atoms with Gasteiger partial charge in [0.1, 0.15) is 5.60 Å². The number of fused-ring (bicyclic) bond motifs is 1. The molecule has 1 heterocycles. The molecule has 2 aromatic rings. The number of rotatable bonds is 1. The van der Waals surface area contributed by atoms with E-state index in [1.165, 1.54) is 4.68 Å². The van der Waals surface area contributed by atoms with Gasteiger partial charge in [0.25, 0.3) is 0 Å². The Morgan fingerprint density at radius 2 is 2.00 bits per heavy atom. The van der Waals surface area contributed by atoms with Crippen LogP contribution in [0.25, 0.3) is 10.9 Å². The minimum absolute atomic E-state index is 0.500. The van der Waals surface area contributed by atoms with E-state index < -0.39 is 11.7 Å². The molecule has 20 heavy (non-hydrogen) atoms. The number of ether oxygens (including phenoxy) is 1. The molecule has 0 aliphatic rings. The number of nitrogens with two attached hydrogens (primary N) is 1. The van der Waals surface area contributed by atoms with Crippen LogP contribution >= 0.6 is 0 Å². The Morgan fingerprint density at radius 1 is 1.35 bits per heavy atom. The van der Waals surface area contributed by atoms with Crippen LogP contribution in [0.2, 0.25) is 0 Å². The molecule has 0 aliphatic heterocycles. The summed E-state index contributed by atoms with van der Waals surface area (Å²) in [6, 6.07) is 5.32. The van der Waals surface area contributed by atoms with E-state index in [4.69, 9.17) is 10.5 Å². The summed E-state index contributed by atoms with van der Waals surface area (Å²) in [6.45, 7) is 5.46. The third-order valence-corrected chi connectivity index (χ3v) is 2.67. The fraction of sp³-hybridized carbons (Fsp3) is 0.429. The van der Waals surface area contributed by atoms with Crippen LogP contribution in [-0.4, -0.2) is 35.6 Å². The average molecular weight is 276 g/mol. The van der Waals surface area contributed by atoms with E-state index in [-0.39, 0.29) is 0 Å². The maximum absolute atomic E-state index is 12.2. The van der Waals surface area contributed by atoms with Gasteiger partial charge in [0, 0.05) is 25.2 Å². The van der Waals surface area contributed by atoms with Gasteiger partial charge in [-0.15, -0.1) is 5.10 Å². The van der Waals surface area contributed by atoms with Gasteiger partial charge in [0.15, 0.2) is 5.82 Å². The summed E-state index contributed by atoms with van der Waals surface area (Å²) in [4.78, 5) is 14.1. The third-order valence-electron chi connectivity index (χ3n) is 2.67. The Bertz CT molecular complexity index is 653. The topological polar surface area (TPSA) is 73.4 Å². The molecular weight excluding hydrogens is 256 g/mol. The summed E-state index contributed by atoms with van der Waals surface area (Å²) in [7, 11) is 3.73. The quantitative estimate of drug-likeness (QED) is 0.810. The summed E-state index contributed by atoms with van der Waals surface area (Å²) in [5.74, 6) is 0.679. The maximum Gasteiger partial charge on any atom is 0.435 e. The normalized spacial score (nSPS) is 11.7. The van der Waals surface area contributed by atoms with E-state index in [1.54, 1.807) is 18.2 Å². The molecular formula is C14H20N4O2. The van der Waals surface area contributed by atoms with E-state index in [1.807, 2.05) is 39.8 Å². The molecule has 6 heteroatoms. The molecule has 0 atom stereocenters. The fourth-order valence-corrected chi connectivity index (χ4v) is 1.89. The molecule has 0 bridgehead atoms. The summed E-state index contributed by atoms with van der Waals surface area (Å²) in [5, 5.41) is 5.15. The number of benzene rings is 1. The van der Waals surface area contributed by atoms with Crippen LogP contribution in [0.5, 0.6) is 0 Å². The van der Waals surface area contributed by atoms with Crippen molar-refractivity contribution < 1.29 is 9.53 Å². The number of aromatic nitrogens is 2. The summed E-state index contributed by atoms with van der Waals surface area (Å²) in [6.07, 6.45) is -0.500. The zero-order valence-corrected chi connectivity index (χ0v) is 12.5. The first-order valence-corrected chi connectivity index (χ1v) is 6.38. The van der Waals surface area contributed by atoms with Crippen molar-refractivity contribution in [2.24, 2.45) is 0 Å². The largest absolute Gasteiger partial charge is 0.442 e. The average Bonchev–Trinajstić information content (AvgIpc) is 2.65. The molecule has 0 aliphatic carbocycles. The monoisotopic (exact) mass is 276 g/mol. The number of nitrogen functional groups attached to an aromatic ring is 1. The second kappa shape index (κ2) is 4.70. The van der Waals surface area contributed by atoms with Gasteiger partial charge in [0.2, 0.25) is 0 Å². The van der Waals surface area contributed by atoms with Crippen molar-refractivity contribution in [2.75, 3.05) is 24.7 Å². The van der Waals surface area contributed by atoms with Gasteiger partial charge in [-0.3, -0.25) is 0 Å². The highest BCUT2D eigenvalue weighted by molar-refractivity contribution is 5.97. The smallest absolute Gasteiger partial charge is 0.435 e. The summed E-state index contributed by atoms with van der Waals surface area (Å²) in [5.41, 5.74) is 6.55. The first-order chi connectivity index (χ1) is 9.19. The Balaban J connectivity index is 2.57. The molecule has 0 radical (unpaired) electrons. The molecule has 0 spiro atoms. The number of anilines is 2. The van der Waals surface area contributed by atoms with Crippen LogP contribution in [0.1, 0.15) is 20.8 Å². The number of carbonyl (C=O) groups excluding carboxylic acids is 1. The van der Waals surface area contributed by atoms with E-state index in [0.29, 0.717) is 17.0 Å². The van der Waals surface area contributed by atoms with Gasteiger partial charge in [-0.2, -0.15) is 4.68 Å². The van der Waals surface area contributed by atoms with Crippen molar-refractivity contribution in [2.45, 2.75) is 26.4 Å². The Labute approximate surface area is 118 Å².